The molecule has 12 atom stereocenters. The molecule has 5 rings (SSSR count). The molecule has 0 bridgehead atoms. The van der Waals surface area contributed by atoms with Crippen LogP contribution in [0.1, 0.15) is 113 Å². The monoisotopic (exact) mass is 520 g/mol. The number of aliphatic carboxylic acids is 1. The molecule has 5 aliphatic carbocycles. The number of carboxylic acid groups (broad SMARTS) is 1. The maximum Gasteiger partial charge on any atom is 0.336 e. The van der Waals surface area contributed by atoms with Gasteiger partial charge in [-0.3, -0.25) is 0 Å². The third-order valence-electron chi connectivity index (χ3n) is 14.9. The summed E-state index contributed by atoms with van der Waals surface area (Å²) in [7, 11) is 0. The minimum Gasteiger partial charge on any atom is -0.479 e. The minimum atomic E-state index is -2.94. The highest BCUT2D eigenvalue weighted by Gasteiger charge is 2.77. The van der Waals surface area contributed by atoms with Crippen LogP contribution in [0.4, 0.5) is 0 Å². The normalized spacial score (nSPS) is 57.9. The Labute approximate surface area is 223 Å². The summed E-state index contributed by atoms with van der Waals surface area (Å²) < 4.78 is 0. The predicted molar refractivity (Wildman–Crippen MR) is 141 cm³/mol. The molecule has 0 aromatic carbocycles. The van der Waals surface area contributed by atoms with Crippen molar-refractivity contribution in [2.24, 2.45) is 62.6 Å². The smallest absolute Gasteiger partial charge is 0.336 e. The van der Waals surface area contributed by atoms with Crippen molar-refractivity contribution >= 4 is 5.97 Å². The van der Waals surface area contributed by atoms with Crippen LogP contribution in [-0.4, -0.2) is 43.1 Å². The quantitative estimate of drug-likeness (QED) is 0.321. The topological polar surface area (TPSA) is 118 Å². The van der Waals surface area contributed by atoms with E-state index in [1.165, 1.54) is 19.3 Å². The first-order valence-electron chi connectivity index (χ1n) is 15.0. The zero-order valence-corrected chi connectivity index (χ0v) is 24.2. The summed E-state index contributed by atoms with van der Waals surface area (Å²) >= 11 is 0. The molecule has 5 aliphatic rings. The van der Waals surface area contributed by atoms with Gasteiger partial charge in [0.1, 0.15) is 0 Å². The fraction of sp³-hybridized carbons (Fsp3) is 0.968. The van der Waals surface area contributed by atoms with Gasteiger partial charge in [0.25, 0.3) is 5.97 Å². The molecule has 0 aliphatic heterocycles. The first-order chi connectivity index (χ1) is 16.8. The fourth-order valence-corrected chi connectivity index (χ4v) is 12.1. The highest BCUT2D eigenvalue weighted by Crippen LogP contribution is 2.78. The molecule has 6 heteroatoms. The Morgan fingerprint density at radius 3 is 2.00 bits per heavy atom. The summed E-state index contributed by atoms with van der Waals surface area (Å²) in [6.45, 7) is 15.8. The van der Waals surface area contributed by atoms with Crippen molar-refractivity contribution in [2.75, 3.05) is 0 Å². The minimum absolute atomic E-state index is 0.0153. The van der Waals surface area contributed by atoms with E-state index in [0.717, 1.165) is 25.7 Å². The summed E-state index contributed by atoms with van der Waals surface area (Å²) in [5, 5.41) is 54.1. The van der Waals surface area contributed by atoms with Gasteiger partial charge in [-0.05, 0) is 116 Å². The maximum absolute atomic E-state index is 12.8. The van der Waals surface area contributed by atoms with E-state index < -0.39 is 34.3 Å². The van der Waals surface area contributed by atoms with Crippen LogP contribution in [0.2, 0.25) is 0 Å². The molecule has 0 spiro atoms. The van der Waals surface area contributed by atoms with Gasteiger partial charge in [0.2, 0.25) is 0 Å². The number of hydrogen-bond acceptors (Lipinski definition) is 5. The van der Waals surface area contributed by atoms with Gasteiger partial charge in [-0.2, -0.15) is 0 Å². The molecule has 0 saturated heterocycles. The van der Waals surface area contributed by atoms with E-state index in [1.54, 1.807) is 6.92 Å². The van der Waals surface area contributed by atoms with E-state index >= 15 is 0 Å². The number of aliphatic hydroxyl groups is 4. The fourth-order valence-electron chi connectivity index (χ4n) is 12.1. The summed E-state index contributed by atoms with van der Waals surface area (Å²) in [5.74, 6) is -2.21. The van der Waals surface area contributed by atoms with Crippen LogP contribution >= 0.6 is 0 Å². The Bertz CT molecular complexity index is 960. The van der Waals surface area contributed by atoms with Crippen LogP contribution in [-0.2, 0) is 4.79 Å². The molecule has 0 heterocycles. The Balaban J connectivity index is 1.63. The average molecular weight is 521 g/mol. The van der Waals surface area contributed by atoms with Crippen LogP contribution in [0.3, 0.4) is 0 Å². The average Bonchev–Trinajstić information content (AvgIpc) is 2.79. The number of carbonyl (C=O) groups is 1. The summed E-state index contributed by atoms with van der Waals surface area (Å²) in [5.41, 5.74) is -4.21. The third-order valence-corrected chi connectivity index (χ3v) is 14.9. The zero-order valence-electron chi connectivity index (χ0n) is 24.2. The number of hydrogen-bond donors (Lipinski definition) is 5. The molecule has 5 saturated carbocycles. The van der Waals surface area contributed by atoms with E-state index in [4.69, 9.17) is 0 Å². The first-order valence-corrected chi connectivity index (χ1v) is 15.0. The maximum atomic E-state index is 12.8. The standard InChI is InChI=1S/C31H52O6/c1-18-10-12-25(3)14-15-26(4)20(23(25)19(18)2)8-9-21-27(26,5)13-11-22-28(6,31(35,36)37)16-17-30(34,24(32)33)29(21,22)7/h18-23,34-37H,8-17H2,1-7H3,(H,32,33)/t18-,19+,20-,21+,22+,23+,25-,26-,27-,28?,29-,30?/m1/s1. The Morgan fingerprint density at radius 1 is 0.757 bits per heavy atom. The third kappa shape index (κ3) is 3.16. The van der Waals surface area contributed by atoms with Gasteiger partial charge in [-0.15, -0.1) is 0 Å². The Hall–Kier alpha value is -0.690. The predicted octanol–water partition coefficient (Wildman–Crippen LogP) is 5.17. The molecule has 5 N–H and O–H groups in total. The van der Waals surface area contributed by atoms with E-state index in [-0.39, 0.29) is 29.6 Å². The molecular formula is C31H52O6. The molecule has 0 aromatic heterocycles. The lowest BCUT2D eigenvalue weighted by Crippen LogP contribution is -2.75. The van der Waals surface area contributed by atoms with Crippen molar-refractivity contribution < 1.29 is 30.3 Å². The molecule has 0 aromatic rings. The first kappa shape index (κ1) is 27.9. The molecule has 5 fully saturated rings. The van der Waals surface area contributed by atoms with Gasteiger partial charge in [0, 0.05) is 5.41 Å². The van der Waals surface area contributed by atoms with Gasteiger partial charge < -0.3 is 25.5 Å². The second-order valence-corrected chi connectivity index (χ2v) is 15.7. The van der Waals surface area contributed by atoms with Crippen molar-refractivity contribution in [3.8, 4) is 0 Å². The Morgan fingerprint density at radius 2 is 1.41 bits per heavy atom. The largest absolute Gasteiger partial charge is 0.479 e. The lowest BCUT2D eigenvalue weighted by molar-refractivity contribution is -0.412. The van der Waals surface area contributed by atoms with Crippen LogP contribution in [0, 0.1) is 62.6 Å². The lowest BCUT2D eigenvalue weighted by atomic mass is 9.29. The van der Waals surface area contributed by atoms with E-state index in [9.17, 15) is 30.3 Å². The van der Waals surface area contributed by atoms with Gasteiger partial charge in [-0.1, -0.05) is 48.5 Å². The van der Waals surface area contributed by atoms with E-state index in [2.05, 4.69) is 34.6 Å². The summed E-state index contributed by atoms with van der Waals surface area (Å²) in [4.78, 5) is 12.8. The van der Waals surface area contributed by atoms with Crippen LogP contribution in [0.25, 0.3) is 0 Å². The van der Waals surface area contributed by atoms with Gasteiger partial charge in [0.05, 0.1) is 5.41 Å². The van der Waals surface area contributed by atoms with Crippen molar-refractivity contribution in [1.82, 2.24) is 0 Å². The highest BCUT2D eigenvalue weighted by atomic mass is 16.7. The van der Waals surface area contributed by atoms with Crippen LogP contribution in [0.15, 0.2) is 0 Å². The van der Waals surface area contributed by atoms with Crippen molar-refractivity contribution in [2.45, 2.75) is 124 Å². The summed E-state index contributed by atoms with van der Waals surface area (Å²) in [6, 6.07) is 0. The van der Waals surface area contributed by atoms with Gasteiger partial charge in [-0.25, -0.2) is 4.79 Å². The van der Waals surface area contributed by atoms with E-state index in [1.807, 2.05) is 6.92 Å². The molecule has 0 amide bonds. The number of carboxylic acids is 1. The summed E-state index contributed by atoms with van der Waals surface area (Å²) in [6.07, 6.45) is 8.10. The van der Waals surface area contributed by atoms with Crippen molar-refractivity contribution in [1.29, 1.82) is 0 Å². The highest BCUT2D eigenvalue weighted by molar-refractivity contribution is 5.79. The molecule has 37 heavy (non-hydrogen) atoms. The SMILES string of the molecule is C[C@@H]1[C@H]2[C@H]3CC[C@@H]4[C@]5(C)[C@@H](CC[C@@]4(C)[C@]3(C)CC[C@@]2(C)CC[C@H]1C)C(C)(C(O)(O)O)CCC5(O)C(=O)O. The van der Waals surface area contributed by atoms with Crippen LogP contribution < -0.4 is 0 Å². The molecule has 2 unspecified atom stereocenters. The Kier molecular flexibility index (Phi) is 5.99. The van der Waals surface area contributed by atoms with E-state index in [0.29, 0.717) is 35.5 Å². The van der Waals surface area contributed by atoms with Crippen molar-refractivity contribution in [3.05, 3.63) is 0 Å². The van der Waals surface area contributed by atoms with Gasteiger partial charge >= 0.3 is 5.97 Å². The second-order valence-electron chi connectivity index (χ2n) is 15.7. The van der Waals surface area contributed by atoms with Crippen molar-refractivity contribution in [3.63, 3.8) is 0 Å². The number of rotatable bonds is 2. The number of fused-ring (bicyclic) bond motifs is 7. The van der Waals surface area contributed by atoms with Gasteiger partial charge in [0.15, 0.2) is 5.60 Å². The molecule has 0 radical (unpaired) electrons. The molecule has 6 nitrogen and oxygen atoms in total. The lowest BCUT2D eigenvalue weighted by Gasteiger charge is -2.75. The van der Waals surface area contributed by atoms with Crippen LogP contribution in [0.5, 0.6) is 0 Å². The second kappa shape index (κ2) is 7.95. The zero-order chi connectivity index (χ0) is 27.6. The molecular weight excluding hydrogens is 468 g/mol. The molecule has 212 valence electrons.